The fourth-order valence-electron chi connectivity index (χ4n) is 4.27. The summed E-state index contributed by atoms with van der Waals surface area (Å²) in [5.74, 6) is 1.41. The fraction of sp³-hybridized carbons (Fsp3) is 0.778. The second-order valence-corrected chi connectivity index (χ2v) is 11.0. The summed E-state index contributed by atoms with van der Waals surface area (Å²) >= 11 is 0. The smallest absolute Gasteiger partial charge is 0.852 e. The second-order valence-electron chi connectivity index (χ2n) is 10.3. The van der Waals surface area contributed by atoms with Gasteiger partial charge in [0.25, 0.3) is 0 Å². The summed E-state index contributed by atoms with van der Waals surface area (Å²) in [6, 6.07) is 0. The van der Waals surface area contributed by atoms with Crippen LogP contribution in [0.2, 0.25) is 0 Å². The first-order valence-corrected chi connectivity index (χ1v) is 12.8. The molecule has 0 saturated heterocycles. The maximum Gasteiger partial charge on any atom is 1.00 e. The van der Waals surface area contributed by atoms with Gasteiger partial charge in [-0.2, -0.15) is 0 Å². The topological polar surface area (TPSA) is 43.3 Å². The van der Waals surface area contributed by atoms with Crippen LogP contribution >= 0.6 is 9.24 Å². The molecule has 31 heavy (non-hydrogen) atoms. The molecule has 1 aliphatic carbocycles. The van der Waals surface area contributed by atoms with Crippen molar-refractivity contribution in [1.29, 1.82) is 0 Å². The van der Waals surface area contributed by atoms with E-state index in [1.165, 1.54) is 36.8 Å². The summed E-state index contributed by atoms with van der Waals surface area (Å²) in [6.45, 7) is 12.8. The van der Waals surface area contributed by atoms with Crippen LogP contribution in [0.5, 0.6) is 0 Å². The molecular formula is C27H48KO2P. The molecule has 0 aromatic heterocycles. The van der Waals surface area contributed by atoms with Crippen molar-refractivity contribution in [1.82, 2.24) is 0 Å². The van der Waals surface area contributed by atoms with Gasteiger partial charge >= 0.3 is 51.4 Å². The van der Waals surface area contributed by atoms with Gasteiger partial charge in [0.15, 0.2) is 0 Å². The van der Waals surface area contributed by atoms with Gasteiger partial charge in [0.05, 0.1) is 5.60 Å². The minimum absolute atomic E-state index is 0. The summed E-state index contributed by atoms with van der Waals surface area (Å²) in [5.41, 5.74) is 4.49. The number of hydrogen-bond donors (Lipinski definition) is 1. The molecule has 2 nitrogen and oxygen atoms in total. The Morgan fingerprint density at radius 1 is 1.19 bits per heavy atom. The SMILES string of the molecule is CC1=CC=C(CCC(C)CCC/C(C)=C/CCC(C)(O)CCCC(C)[O-])C(P)C1C.[K+]. The molecular weight excluding hydrogens is 426 g/mol. The average Bonchev–Trinajstić information content (AvgIpc) is 2.65. The van der Waals surface area contributed by atoms with Crippen LogP contribution in [-0.2, 0) is 0 Å². The molecule has 6 unspecified atom stereocenters. The van der Waals surface area contributed by atoms with E-state index in [1.54, 1.807) is 12.5 Å². The molecule has 174 valence electrons. The van der Waals surface area contributed by atoms with Gasteiger partial charge in [-0.15, -0.1) is 15.3 Å². The molecule has 0 amide bonds. The first-order chi connectivity index (χ1) is 14.0. The monoisotopic (exact) mass is 474 g/mol. The number of hydrogen-bond acceptors (Lipinski definition) is 2. The van der Waals surface area contributed by atoms with Crippen molar-refractivity contribution in [2.75, 3.05) is 0 Å². The van der Waals surface area contributed by atoms with E-state index in [-0.39, 0.29) is 51.4 Å². The standard InChI is InChI=1S/C27H48O2P.K/c1-20(12-8-18-27(6,29)19-9-13-23(4)28)10-7-11-21(2)14-16-25-17-15-22(3)24(5)26(25)30;/h12,15,17,21,23-24,26,29H,7-11,13-14,16,18-19,30H2,1-6H3;/q-1;+1/b20-12+;. The van der Waals surface area contributed by atoms with Crippen LogP contribution in [0.3, 0.4) is 0 Å². The van der Waals surface area contributed by atoms with Crippen molar-refractivity contribution in [2.45, 2.75) is 123 Å². The van der Waals surface area contributed by atoms with E-state index < -0.39 is 11.7 Å². The van der Waals surface area contributed by atoms with Crippen LogP contribution in [0, 0.1) is 11.8 Å². The summed E-state index contributed by atoms with van der Waals surface area (Å²) in [5, 5.41) is 21.6. The molecule has 4 heteroatoms. The van der Waals surface area contributed by atoms with E-state index in [4.69, 9.17) is 0 Å². The molecule has 6 atom stereocenters. The third-order valence-electron chi connectivity index (χ3n) is 6.94. The molecule has 0 aliphatic heterocycles. The Morgan fingerprint density at radius 2 is 1.87 bits per heavy atom. The fourth-order valence-corrected chi connectivity index (χ4v) is 4.85. The summed E-state index contributed by atoms with van der Waals surface area (Å²) < 4.78 is 0. The minimum atomic E-state index is -0.644. The van der Waals surface area contributed by atoms with Gasteiger partial charge < -0.3 is 10.2 Å². The van der Waals surface area contributed by atoms with Gasteiger partial charge in [0.2, 0.25) is 0 Å². The molecule has 0 bridgehead atoms. The maximum atomic E-state index is 11.1. The van der Waals surface area contributed by atoms with Crippen LogP contribution in [-0.4, -0.2) is 22.5 Å². The summed E-state index contributed by atoms with van der Waals surface area (Å²) in [6.07, 6.45) is 16.6. The number of aliphatic hydroxyl groups is 1. The van der Waals surface area contributed by atoms with Crippen LogP contribution in [0.1, 0.15) is 106 Å². The van der Waals surface area contributed by atoms with Crippen molar-refractivity contribution >= 4 is 9.24 Å². The number of rotatable bonds is 14. The minimum Gasteiger partial charge on any atom is -0.852 e. The van der Waals surface area contributed by atoms with E-state index in [1.807, 2.05) is 6.92 Å². The van der Waals surface area contributed by atoms with Crippen LogP contribution in [0.25, 0.3) is 0 Å². The molecule has 0 spiro atoms. The summed E-state index contributed by atoms with van der Waals surface area (Å²) in [7, 11) is 3.05. The van der Waals surface area contributed by atoms with Crippen LogP contribution in [0.4, 0.5) is 0 Å². The van der Waals surface area contributed by atoms with Gasteiger partial charge in [0.1, 0.15) is 0 Å². The molecule has 0 aromatic rings. The molecule has 1 aliphatic rings. The molecule has 1 N–H and O–H groups in total. The van der Waals surface area contributed by atoms with Crippen LogP contribution in [0.15, 0.2) is 34.9 Å². The van der Waals surface area contributed by atoms with Gasteiger partial charge in [-0.1, -0.05) is 75.0 Å². The Bertz CT molecular complexity index is 592. The molecule has 0 radical (unpaired) electrons. The molecule has 0 fully saturated rings. The number of allylic oxidation sites excluding steroid dienone is 6. The van der Waals surface area contributed by atoms with E-state index in [0.29, 0.717) is 18.0 Å². The van der Waals surface area contributed by atoms with Crippen molar-refractivity contribution in [3.05, 3.63) is 34.9 Å². The van der Waals surface area contributed by atoms with Crippen molar-refractivity contribution in [2.24, 2.45) is 11.8 Å². The van der Waals surface area contributed by atoms with Crippen molar-refractivity contribution in [3.63, 3.8) is 0 Å². The zero-order valence-corrected chi connectivity index (χ0v) is 25.8. The first-order valence-electron chi connectivity index (χ1n) is 12.2. The molecule has 0 saturated carbocycles. The molecule has 1 rings (SSSR count). The largest absolute Gasteiger partial charge is 1.00 e. The first kappa shape index (κ1) is 32.2. The average molecular weight is 475 g/mol. The van der Waals surface area contributed by atoms with Gasteiger partial charge in [-0.3, -0.25) is 0 Å². The molecule has 0 heterocycles. The van der Waals surface area contributed by atoms with E-state index in [0.717, 1.165) is 38.0 Å². The maximum absolute atomic E-state index is 11.1. The van der Waals surface area contributed by atoms with Crippen molar-refractivity contribution in [3.8, 4) is 0 Å². The Balaban J connectivity index is 0.00000900. The predicted octanol–water partition coefficient (Wildman–Crippen LogP) is 3.74. The molecule has 0 aromatic carbocycles. The Morgan fingerprint density at radius 3 is 2.52 bits per heavy atom. The second kappa shape index (κ2) is 16.8. The van der Waals surface area contributed by atoms with Gasteiger partial charge in [-0.25, -0.2) is 0 Å². The van der Waals surface area contributed by atoms with Crippen LogP contribution < -0.4 is 56.5 Å². The van der Waals surface area contributed by atoms with E-state index in [2.05, 4.69) is 55.2 Å². The zero-order valence-electron chi connectivity index (χ0n) is 21.5. The van der Waals surface area contributed by atoms with Gasteiger partial charge in [0, 0.05) is 5.66 Å². The zero-order chi connectivity index (χ0) is 22.7. The quantitative estimate of drug-likeness (QED) is 0.237. The van der Waals surface area contributed by atoms with Crippen molar-refractivity contribution < 1.29 is 61.6 Å². The van der Waals surface area contributed by atoms with E-state index >= 15 is 0 Å². The predicted molar refractivity (Wildman–Crippen MR) is 134 cm³/mol. The van der Waals surface area contributed by atoms with Gasteiger partial charge in [-0.05, 0) is 77.6 Å². The Hall–Kier alpha value is 1.21. The normalized spacial score (nSPS) is 23.3. The third-order valence-corrected chi connectivity index (χ3v) is 7.95. The van der Waals surface area contributed by atoms with E-state index in [9.17, 15) is 10.2 Å². The third kappa shape index (κ3) is 14.3. The summed E-state index contributed by atoms with van der Waals surface area (Å²) in [4.78, 5) is 0. The Kier molecular flexibility index (Phi) is 17.4. The Labute approximate surface area is 238 Å².